The highest BCUT2D eigenvalue weighted by Gasteiger charge is 2.34. The molecule has 1 aromatic heterocycles. The van der Waals surface area contributed by atoms with E-state index in [1.54, 1.807) is 0 Å². The first-order valence-electron chi connectivity index (χ1n) is 5.65. The van der Waals surface area contributed by atoms with E-state index in [-0.39, 0.29) is 23.4 Å². The van der Waals surface area contributed by atoms with Crippen molar-refractivity contribution >= 4 is 17.2 Å². The van der Waals surface area contributed by atoms with E-state index in [1.165, 1.54) is 11.9 Å². The van der Waals surface area contributed by atoms with Crippen molar-refractivity contribution in [2.24, 2.45) is 11.7 Å². The average Bonchev–Trinajstić information content (AvgIpc) is 2.74. The smallest absolute Gasteiger partial charge is 0.338 e. The molecule has 2 N–H and O–H groups in total. The van der Waals surface area contributed by atoms with Crippen molar-refractivity contribution in [2.45, 2.75) is 32.6 Å². The standard InChI is InChI=1S/C11H16F3N3OS/c1-6(2)9(15)10(18)17(3)4-8-16-7(5-19-8)11(12,13)14/h5-6,9H,4,15H2,1-3H3/t9-/m0/s1. The van der Waals surface area contributed by atoms with Crippen LogP contribution >= 0.6 is 11.3 Å². The van der Waals surface area contributed by atoms with Crippen LogP contribution in [0, 0.1) is 5.92 Å². The number of rotatable bonds is 4. The van der Waals surface area contributed by atoms with Crippen molar-refractivity contribution in [3.8, 4) is 0 Å². The van der Waals surface area contributed by atoms with Crippen LogP contribution in [0.15, 0.2) is 5.38 Å². The van der Waals surface area contributed by atoms with Gasteiger partial charge in [0.1, 0.15) is 5.01 Å². The number of thiazole rings is 1. The van der Waals surface area contributed by atoms with E-state index in [1.807, 2.05) is 13.8 Å². The number of amides is 1. The van der Waals surface area contributed by atoms with Crippen LogP contribution in [-0.4, -0.2) is 28.9 Å². The second-order valence-electron chi connectivity index (χ2n) is 4.59. The lowest BCUT2D eigenvalue weighted by Gasteiger charge is -2.22. The topological polar surface area (TPSA) is 59.2 Å². The summed E-state index contributed by atoms with van der Waals surface area (Å²) in [5.74, 6) is -0.337. The number of hydrogen-bond acceptors (Lipinski definition) is 4. The average molecular weight is 295 g/mol. The van der Waals surface area contributed by atoms with Gasteiger partial charge in [0.25, 0.3) is 0 Å². The third-order valence-corrected chi connectivity index (χ3v) is 3.43. The summed E-state index contributed by atoms with van der Waals surface area (Å²) < 4.78 is 37.1. The Kier molecular flexibility index (Phi) is 4.92. The summed E-state index contributed by atoms with van der Waals surface area (Å²) in [7, 11) is 1.50. The minimum absolute atomic E-state index is 0.0278. The maximum absolute atomic E-state index is 12.4. The highest BCUT2D eigenvalue weighted by molar-refractivity contribution is 7.09. The number of carbonyl (C=O) groups is 1. The van der Waals surface area contributed by atoms with E-state index in [4.69, 9.17) is 5.73 Å². The van der Waals surface area contributed by atoms with Crippen molar-refractivity contribution in [1.29, 1.82) is 0 Å². The molecule has 1 atom stereocenters. The Balaban J connectivity index is 2.70. The van der Waals surface area contributed by atoms with Crippen molar-refractivity contribution in [3.05, 3.63) is 16.1 Å². The van der Waals surface area contributed by atoms with Gasteiger partial charge < -0.3 is 10.6 Å². The molecule has 0 radical (unpaired) electrons. The monoisotopic (exact) mass is 295 g/mol. The van der Waals surface area contributed by atoms with Crippen LogP contribution in [0.1, 0.15) is 24.5 Å². The van der Waals surface area contributed by atoms with Crippen LogP contribution in [0.25, 0.3) is 0 Å². The van der Waals surface area contributed by atoms with Gasteiger partial charge in [-0.15, -0.1) is 11.3 Å². The van der Waals surface area contributed by atoms with Crippen LogP contribution in [0.3, 0.4) is 0 Å². The van der Waals surface area contributed by atoms with Gasteiger partial charge in [-0.1, -0.05) is 13.8 Å². The van der Waals surface area contributed by atoms with Crippen LogP contribution < -0.4 is 5.73 Å². The quantitative estimate of drug-likeness (QED) is 0.925. The van der Waals surface area contributed by atoms with Crippen LogP contribution in [-0.2, 0) is 17.5 Å². The number of aromatic nitrogens is 1. The summed E-state index contributed by atoms with van der Waals surface area (Å²) in [6.07, 6.45) is -4.45. The molecule has 1 rings (SSSR count). The summed E-state index contributed by atoms with van der Waals surface area (Å²) in [6, 6.07) is -0.660. The number of nitrogens with two attached hydrogens (primary N) is 1. The summed E-state index contributed by atoms with van der Waals surface area (Å²) in [6.45, 7) is 3.64. The highest BCUT2D eigenvalue weighted by atomic mass is 32.1. The molecule has 0 fully saturated rings. The molecule has 1 amide bonds. The lowest BCUT2D eigenvalue weighted by molar-refractivity contribution is -0.140. The summed E-state index contributed by atoms with van der Waals surface area (Å²) in [4.78, 5) is 16.6. The molecule has 19 heavy (non-hydrogen) atoms. The fourth-order valence-electron chi connectivity index (χ4n) is 1.33. The van der Waals surface area contributed by atoms with E-state index in [0.29, 0.717) is 0 Å². The minimum Gasteiger partial charge on any atom is -0.338 e. The van der Waals surface area contributed by atoms with Gasteiger partial charge in [-0.05, 0) is 5.92 Å². The number of hydrogen-bond donors (Lipinski definition) is 1. The second-order valence-corrected chi connectivity index (χ2v) is 5.53. The minimum atomic E-state index is -4.45. The molecule has 108 valence electrons. The molecule has 0 aromatic carbocycles. The van der Waals surface area contributed by atoms with Gasteiger partial charge in [-0.25, -0.2) is 4.98 Å². The van der Waals surface area contributed by atoms with Crippen LogP contribution in [0.2, 0.25) is 0 Å². The van der Waals surface area contributed by atoms with E-state index in [0.717, 1.165) is 16.7 Å². The van der Waals surface area contributed by atoms with Gasteiger partial charge in [0.05, 0.1) is 12.6 Å². The predicted molar refractivity (Wildman–Crippen MR) is 66.4 cm³/mol. The van der Waals surface area contributed by atoms with Gasteiger partial charge in [0, 0.05) is 12.4 Å². The largest absolute Gasteiger partial charge is 0.434 e. The Morgan fingerprint density at radius 2 is 2.11 bits per heavy atom. The van der Waals surface area contributed by atoms with E-state index in [2.05, 4.69) is 4.98 Å². The first kappa shape index (κ1) is 15.9. The Morgan fingerprint density at radius 3 is 2.53 bits per heavy atom. The molecule has 0 aliphatic heterocycles. The summed E-state index contributed by atoms with van der Waals surface area (Å²) in [5.41, 5.74) is 4.77. The normalized spacial score (nSPS) is 13.7. The fourth-order valence-corrected chi connectivity index (χ4v) is 2.19. The first-order chi connectivity index (χ1) is 8.62. The predicted octanol–water partition coefficient (Wildman–Crippen LogP) is 2.10. The van der Waals surface area contributed by atoms with Crippen molar-refractivity contribution < 1.29 is 18.0 Å². The third kappa shape index (κ3) is 4.17. The molecule has 0 saturated heterocycles. The number of nitrogens with zero attached hydrogens (tertiary/aromatic N) is 2. The van der Waals surface area contributed by atoms with Gasteiger partial charge >= 0.3 is 6.18 Å². The number of carbonyl (C=O) groups excluding carboxylic acids is 1. The van der Waals surface area contributed by atoms with Crippen molar-refractivity contribution in [2.75, 3.05) is 7.05 Å². The van der Waals surface area contributed by atoms with E-state index in [9.17, 15) is 18.0 Å². The highest BCUT2D eigenvalue weighted by Crippen LogP contribution is 2.30. The summed E-state index contributed by atoms with van der Waals surface area (Å²) in [5, 5.41) is 1.18. The molecule has 1 aromatic rings. The molecule has 4 nitrogen and oxygen atoms in total. The molecule has 0 bridgehead atoms. The lowest BCUT2D eigenvalue weighted by Crippen LogP contribution is -2.44. The zero-order valence-electron chi connectivity index (χ0n) is 10.9. The molecule has 0 aliphatic carbocycles. The zero-order valence-corrected chi connectivity index (χ0v) is 11.7. The summed E-state index contributed by atoms with van der Waals surface area (Å²) >= 11 is 0.876. The van der Waals surface area contributed by atoms with E-state index >= 15 is 0 Å². The third-order valence-electron chi connectivity index (χ3n) is 2.59. The van der Waals surface area contributed by atoms with Crippen molar-refractivity contribution in [3.63, 3.8) is 0 Å². The molecular formula is C11H16F3N3OS. The Hall–Kier alpha value is -1.15. The van der Waals surface area contributed by atoms with Crippen LogP contribution in [0.5, 0.6) is 0 Å². The lowest BCUT2D eigenvalue weighted by atomic mass is 10.0. The van der Waals surface area contributed by atoms with Crippen LogP contribution in [0.4, 0.5) is 13.2 Å². The van der Waals surface area contributed by atoms with E-state index < -0.39 is 17.9 Å². The SMILES string of the molecule is CC(C)[C@H](N)C(=O)N(C)Cc1nc(C(F)(F)F)cs1. The zero-order chi connectivity index (χ0) is 14.8. The maximum Gasteiger partial charge on any atom is 0.434 e. The molecule has 0 unspecified atom stereocenters. The molecule has 1 heterocycles. The maximum atomic E-state index is 12.4. The molecular weight excluding hydrogens is 279 g/mol. The van der Waals surface area contributed by atoms with Gasteiger partial charge in [-0.3, -0.25) is 4.79 Å². The second kappa shape index (κ2) is 5.87. The number of halogens is 3. The first-order valence-corrected chi connectivity index (χ1v) is 6.53. The molecule has 8 heteroatoms. The van der Waals surface area contributed by atoms with Gasteiger partial charge in [-0.2, -0.15) is 13.2 Å². The molecule has 0 spiro atoms. The van der Waals surface area contributed by atoms with Gasteiger partial charge in [0.2, 0.25) is 5.91 Å². The number of alkyl halides is 3. The molecule has 0 aliphatic rings. The Labute approximate surface area is 113 Å². The Bertz CT molecular complexity index is 445. The Morgan fingerprint density at radius 1 is 1.53 bits per heavy atom. The number of likely N-dealkylation sites (N-methyl/N-ethyl adjacent to an activating group) is 1. The van der Waals surface area contributed by atoms with Crippen molar-refractivity contribution in [1.82, 2.24) is 9.88 Å². The fraction of sp³-hybridized carbons (Fsp3) is 0.636. The molecule has 0 saturated carbocycles. The van der Waals surface area contributed by atoms with Gasteiger partial charge in [0.15, 0.2) is 5.69 Å².